The zero-order valence-corrected chi connectivity index (χ0v) is 11.2. The third-order valence-electron chi connectivity index (χ3n) is 3.91. The number of carbonyl (C=O) groups is 1. The van der Waals surface area contributed by atoms with Crippen molar-refractivity contribution >= 4 is 5.78 Å². The monoisotopic (exact) mass is 234 g/mol. The van der Waals surface area contributed by atoms with Gasteiger partial charge < -0.3 is 4.74 Å². The highest BCUT2D eigenvalue weighted by Gasteiger charge is 2.52. The molecule has 2 rings (SSSR count). The molecule has 0 aromatic rings. The number of epoxide rings is 1. The maximum absolute atomic E-state index is 11.8. The lowest BCUT2D eigenvalue weighted by atomic mass is 9.84. The molecule has 1 aliphatic heterocycles. The van der Waals surface area contributed by atoms with Crippen molar-refractivity contribution < 1.29 is 9.53 Å². The molecule has 1 heterocycles. The van der Waals surface area contributed by atoms with E-state index in [4.69, 9.17) is 4.74 Å². The summed E-state index contributed by atoms with van der Waals surface area (Å²) in [7, 11) is 0. The van der Waals surface area contributed by atoms with Crippen molar-refractivity contribution in [2.24, 2.45) is 5.41 Å². The largest absolute Gasteiger partial charge is 0.366 e. The van der Waals surface area contributed by atoms with Gasteiger partial charge >= 0.3 is 0 Å². The van der Waals surface area contributed by atoms with Gasteiger partial charge in [-0.3, -0.25) is 4.79 Å². The van der Waals surface area contributed by atoms with Crippen LogP contribution in [-0.2, 0) is 9.53 Å². The van der Waals surface area contributed by atoms with Crippen LogP contribution in [0.25, 0.3) is 0 Å². The summed E-state index contributed by atoms with van der Waals surface area (Å²) in [5, 5.41) is 0. The van der Waals surface area contributed by atoms with E-state index in [2.05, 4.69) is 20.8 Å². The Hall–Kier alpha value is -0.890. The van der Waals surface area contributed by atoms with Crippen LogP contribution in [0, 0.1) is 5.41 Å². The van der Waals surface area contributed by atoms with Crippen molar-refractivity contribution in [2.45, 2.75) is 58.7 Å². The van der Waals surface area contributed by atoms with Gasteiger partial charge in [-0.05, 0) is 50.2 Å². The second kappa shape index (κ2) is 4.09. The molecule has 1 aliphatic carbocycles. The van der Waals surface area contributed by atoms with Crippen LogP contribution < -0.4 is 0 Å². The average molecular weight is 234 g/mol. The Morgan fingerprint density at radius 3 is 2.76 bits per heavy atom. The number of ether oxygens (including phenoxy) is 1. The van der Waals surface area contributed by atoms with Gasteiger partial charge in [0.1, 0.15) is 0 Å². The van der Waals surface area contributed by atoms with E-state index in [1.165, 1.54) is 0 Å². The zero-order chi connectivity index (χ0) is 12.7. The molecule has 2 aliphatic rings. The number of fused-ring (bicyclic) bond motifs is 1. The summed E-state index contributed by atoms with van der Waals surface area (Å²) in [5.41, 5.74) is 0.914. The zero-order valence-electron chi connectivity index (χ0n) is 11.2. The Morgan fingerprint density at radius 1 is 1.35 bits per heavy atom. The van der Waals surface area contributed by atoms with Crippen LogP contribution in [0.3, 0.4) is 0 Å². The van der Waals surface area contributed by atoms with Crippen LogP contribution in [0.1, 0.15) is 47.0 Å². The van der Waals surface area contributed by atoms with Gasteiger partial charge in [0.2, 0.25) is 0 Å². The van der Waals surface area contributed by atoms with E-state index in [1.54, 1.807) is 6.08 Å². The number of allylic oxidation sites excluding steroid dienone is 4. The van der Waals surface area contributed by atoms with Gasteiger partial charge in [0, 0.05) is 0 Å². The summed E-state index contributed by atoms with van der Waals surface area (Å²) in [4.78, 5) is 11.8. The Kier molecular flexibility index (Phi) is 3.03. The first-order chi connectivity index (χ1) is 7.82. The molecule has 94 valence electrons. The van der Waals surface area contributed by atoms with E-state index in [-0.39, 0.29) is 16.8 Å². The van der Waals surface area contributed by atoms with Crippen molar-refractivity contribution in [3.8, 4) is 0 Å². The average Bonchev–Trinajstić information content (AvgIpc) is 2.83. The van der Waals surface area contributed by atoms with Crippen molar-refractivity contribution in [3.05, 3.63) is 23.8 Å². The maximum Gasteiger partial charge on any atom is 0.180 e. The van der Waals surface area contributed by atoms with Crippen LogP contribution in [0.2, 0.25) is 0 Å². The van der Waals surface area contributed by atoms with Crippen LogP contribution in [0.5, 0.6) is 0 Å². The number of hydrogen-bond donors (Lipinski definition) is 0. The fourth-order valence-corrected chi connectivity index (χ4v) is 2.42. The first-order valence-electron chi connectivity index (χ1n) is 6.41. The molecule has 2 nitrogen and oxygen atoms in total. The lowest BCUT2D eigenvalue weighted by Gasteiger charge is -2.19. The van der Waals surface area contributed by atoms with Crippen molar-refractivity contribution in [3.63, 3.8) is 0 Å². The normalized spacial score (nSPS) is 41.8. The van der Waals surface area contributed by atoms with E-state index in [0.717, 1.165) is 24.8 Å². The molecular formula is C15H22O2. The van der Waals surface area contributed by atoms with E-state index in [1.807, 2.05) is 19.1 Å². The highest BCUT2D eigenvalue weighted by atomic mass is 16.6. The smallest absolute Gasteiger partial charge is 0.180 e. The standard InChI is InChI=1S/C15H22O2/c1-11-6-5-8-15(4)13(17-15)10-14(2,3)9-7-12(11)16/h6-7,9,13H,5,8,10H2,1-4H3/b9-7+,11-6-/t13-,15+/m0/s1. The summed E-state index contributed by atoms with van der Waals surface area (Å²) in [5.74, 6) is 0.139. The SMILES string of the molecule is C/C1=C/CC[C@@]2(C)O[C@H]2CC(C)(C)/C=C/C1=O. The molecule has 0 bridgehead atoms. The second-order valence-corrected chi connectivity index (χ2v) is 6.24. The fraction of sp³-hybridized carbons (Fsp3) is 0.667. The number of hydrogen-bond acceptors (Lipinski definition) is 2. The molecule has 17 heavy (non-hydrogen) atoms. The predicted octanol–water partition coefficient (Wildman–Crippen LogP) is 3.43. The highest BCUT2D eigenvalue weighted by Crippen LogP contribution is 2.46. The van der Waals surface area contributed by atoms with Gasteiger partial charge in [0.15, 0.2) is 5.78 Å². The minimum Gasteiger partial charge on any atom is -0.366 e. The molecule has 0 radical (unpaired) electrons. The van der Waals surface area contributed by atoms with Crippen LogP contribution in [0.4, 0.5) is 0 Å². The molecule has 1 saturated heterocycles. The number of carbonyl (C=O) groups excluding carboxylic acids is 1. The lowest BCUT2D eigenvalue weighted by molar-refractivity contribution is -0.111. The van der Waals surface area contributed by atoms with Crippen LogP contribution in [0.15, 0.2) is 23.8 Å². The van der Waals surface area contributed by atoms with Gasteiger partial charge in [-0.25, -0.2) is 0 Å². The summed E-state index contributed by atoms with van der Waals surface area (Å²) < 4.78 is 5.83. The molecule has 0 spiro atoms. The predicted molar refractivity (Wildman–Crippen MR) is 68.8 cm³/mol. The van der Waals surface area contributed by atoms with Gasteiger partial charge in [0.05, 0.1) is 11.7 Å². The molecule has 0 aromatic heterocycles. The van der Waals surface area contributed by atoms with E-state index in [0.29, 0.717) is 6.10 Å². The maximum atomic E-state index is 11.8. The Bertz CT molecular complexity index is 390. The minimum atomic E-state index is 0.0305. The highest BCUT2D eigenvalue weighted by molar-refractivity contribution is 6.03. The Balaban J connectivity index is 2.21. The topological polar surface area (TPSA) is 29.6 Å². The first kappa shape index (κ1) is 12.6. The number of rotatable bonds is 0. The third kappa shape index (κ3) is 2.86. The van der Waals surface area contributed by atoms with Crippen molar-refractivity contribution in [1.82, 2.24) is 0 Å². The van der Waals surface area contributed by atoms with E-state index in [9.17, 15) is 4.79 Å². The summed E-state index contributed by atoms with van der Waals surface area (Å²) >= 11 is 0. The van der Waals surface area contributed by atoms with Gasteiger partial charge in [-0.2, -0.15) is 0 Å². The Labute approximate surface area is 104 Å². The Morgan fingerprint density at radius 2 is 2.06 bits per heavy atom. The van der Waals surface area contributed by atoms with Crippen molar-refractivity contribution in [2.75, 3.05) is 0 Å². The van der Waals surface area contributed by atoms with E-state index >= 15 is 0 Å². The molecule has 0 saturated carbocycles. The molecule has 1 fully saturated rings. The number of ketones is 1. The molecule has 2 atom stereocenters. The van der Waals surface area contributed by atoms with Gasteiger partial charge in [0.25, 0.3) is 0 Å². The van der Waals surface area contributed by atoms with Gasteiger partial charge in [-0.1, -0.05) is 26.0 Å². The molecule has 0 aromatic carbocycles. The molecule has 0 amide bonds. The van der Waals surface area contributed by atoms with Crippen molar-refractivity contribution in [1.29, 1.82) is 0 Å². The van der Waals surface area contributed by atoms with Crippen LogP contribution >= 0.6 is 0 Å². The lowest BCUT2D eigenvalue weighted by Crippen LogP contribution is -2.17. The minimum absolute atomic E-state index is 0.0305. The van der Waals surface area contributed by atoms with Crippen LogP contribution in [-0.4, -0.2) is 17.5 Å². The first-order valence-corrected chi connectivity index (χ1v) is 6.41. The fourth-order valence-electron chi connectivity index (χ4n) is 2.42. The molecule has 0 N–H and O–H groups in total. The summed E-state index contributed by atoms with van der Waals surface area (Å²) in [6, 6.07) is 0. The van der Waals surface area contributed by atoms with Gasteiger partial charge in [-0.15, -0.1) is 0 Å². The summed E-state index contributed by atoms with van der Waals surface area (Å²) in [6.45, 7) is 8.40. The summed E-state index contributed by atoms with van der Waals surface area (Å²) in [6.07, 6.45) is 9.07. The third-order valence-corrected chi connectivity index (χ3v) is 3.91. The van der Waals surface area contributed by atoms with E-state index < -0.39 is 0 Å². The second-order valence-electron chi connectivity index (χ2n) is 6.24. The quantitative estimate of drug-likeness (QED) is 0.601. The molecular weight excluding hydrogens is 212 g/mol. The molecule has 2 heteroatoms. The molecule has 0 unspecified atom stereocenters.